The lowest BCUT2D eigenvalue weighted by molar-refractivity contribution is -0.104. The number of nitrogen functional groups attached to an aromatic ring is 1. The van der Waals surface area contributed by atoms with Crippen molar-refractivity contribution in [3.05, 3.63) is 34.9 Å². The minimum Gasteiger partial charge on any atom is -0.398 e. The largest absolute Gasteiger partial charge is 0.398 e. The molecule has 0 bridgehead atoms. The Morgan fingerprint density at radius 2 is 2.00 bits per heavy atom. The number of likely N-dealkylation sites (N-methyl/N-ethyl adjacent to an activating group) is 1. The fraction of sp³-hybridized carbons (Fsp3) is 0.571. The van der Waals surface area contributed by atoms with E-state index in [2.05, 4.69) is 30.9 Å². The Bertz CT molecular complexity index is 569. The van der Waals surface area contributed by atoms with Crippen LogP contribution in [0.3, 0.4) is 0 Å². The third-order valence-electron chi connectivity index (χ3n) is 4.43. The maximum absolute atomic E-state index is 11.3. The molecule has 0 atom stereocenters. The fourth-order valence-electron chi connectivity index (χ4n) is 3.07. The molecule has 25 heavy (non-hydrogen) atoms. The van der Waals surface area contributed by atoms with Gasteiger partial charge in [0.05, 0.1) is 0 Å². The number of thioether (sulfide) groups is 1. The van der Waals surface area contributed by atoms with Crippen LogP contribution < -0.4 is 5.73 Å². The van der Waals surface area contributed by atoms with E-state index >= 15 is 0 Å². The first kappa shape index (κ1) is 21.8. The van der Waals surface area contributed by atoms with E-state index in [1.54, 1.807) is 0 Å². The lowest BCUT2D eigenvalue weighted by atomic mass is 9.94. The van der Waals surface area contributed by atoms with E-state index in [9.17, 15) is 4.79 Å². The Kier molecular flexibility index (Phi) is 10.6. The molecule has 1 heterocycles. The molecule has 1 aliphatic rings. The second kappa shape index (κ2) is 12.2. The van der Waals surface area contributed by atoms with E-state index in [1.165, 1.54) is 12.0 Å². The summed E-state index contributed by atoms with van der Waals surface area (Å²) in [4.78, 5) is 13.8. The maximum Gasteiger partial charge on any atom is 0.147 e. The normalized spacial score (nSPS) is 14.3. The molecule has 0 aromatic heterocycles. The third kappa shape index (κ3) is 6.52. The number of carbonyl (C=O) groups excluding carboxylic acids is 1. The summed E-state index contributed by atoms with van der Waals surface area (Å²) in [7, 11) is 0. The number of allylic oxidation sites excluding steroid dienone is 1. The summed E-state index contributed by atoms with van der Waals surface area (Å²) in [6.07, 6.45) is 4.16. The van der Waals surface area contributed by atoms with E-state index in [-0.39, 0.29) is 0 Å². The Morgan fingerprint density at radius 1 is 1.24 bits per heavy atom. The molecular formula is C21H34N2OS. The smallest absolute Gasteiger partial charge is 0.147 e. The Morgan fingerprint density at radius 3 is 2.64 bits per heavy atom. The zero-order valence-electron chi connectivity index (χ0n) is 16.3. The van der Waals surface area contributed by atoms with Crippen LogP contribution in [-0.2, 0) is 11.2 Å². The van der Waals surface area contributed by atoms with Crippen molar-refractivity contribution in [1.29, 1.82) is 0 Å². The zero-order valence-corrected chi connectivity index (χ0v) is 17.1. The summed E-state index contributed by atoms with van der Waals surface area (Å²) in [6.45, 7) is 11.7. The lowest BCUT2D eigenvalue weighted by Crippen LogP contribution is -2.26. The molecule has 0 aliphatic carbocycles. The van der Waals surface area contributed by atoms with E-state index in [0.29, 0.717) is 0 Å². The van der Waals surface area contributed by atoms with E-state index < -0.39 is 0 Å². The zero-order chi connectivity index (χ0) is 18.7. The summed E-state index contributed by atoms with van der Waals surface area (Å²) in [5, 5.41) is 0. The van der Waals surface area contributed by atoms with Crippen LogP contribution in [0.15, 0.2) is 23.8 Å². The van der Waals surface area contributed by atoms with Gasteiger partial charge in [-0.1, -0.05) is 33.8 Å². The molecule has 0 unspecified atom stereocenters. The first-order chi connectivity index (χ1) is 12.2. The second-order valence-electron chi connectivity index (χ2n) is 6.03. The molecule has 0 amide bonds. The van der Waals surface area contributed by atoms with Crippen LogP contribution in [0.1, 0.15) is 51.7 Å². The first-order valence-corrected chi connectivity index (χ1v) is 10.7. The highest BCUT2D eigenvalue weighted by Gasteiger charge is 2.16. The van der Waals surface area contributed by atoms with Gasteiger partial charge in [-0.05, 0) is 61.4 Å². The molecule has 1 aromatic carbocycles. The van der Waals surface area contributed by atoms with E-state index in [4.69, 9.17) is 5.73 Å². The fourth-order valence-corrected chi connectivity index (χ4v) is 4.02. The number of nitrogens with two attached hydrogens (primary N) is 1. The molecule has 0 radical (unpaired) electrons. The average molecular weight is 363 g/mol. The van der Waals surface area contributed by atoms with Crippen LogP contribution in [0.2, 0.25) is 0 Å². The predicted molar refractivity (Wildman–Crippen MR) is 113 cm³/mol. The Labute approximate surface area is 158 Å². The Hall–Kier alpha value is -1.26. The van der Waals surface area contributed by atoms with Crippen LogP contribution in [0.5, 0.6) is 0 Å². The molecule has 0 spiro atoms. The number of hydrogen-bond donors (Lipinski definition) is 1. The number of rotatable bonds is 8. The quantitative estimate of drug-likeness (QED) is 0.540. The van der Waals surface area contributed by atoms with Crippen LogP contribution in [0, 0.1) is 0 Å². The van der Waals surface area contributed by atoms with Gasteiger partial charge in [0, 0.05) is 29.1 Å². The number of carbonyl (C=O) groups is 1. The summed E-state index contributed by atoms with van der Waals surface area (Å²) in [5.41, 5.74) is 11.4. The third-order valence-corrected chi connectivity index (χ3v) is 5.44. The lowest BCUT2D eigenvalue weighted by Gasteiger charge is -2.21. The van der Waals surface area contributed by atoms with Crippen molar-refractivity contribution in [3.63, 3.8) is 0 Å². The van der Waals surface area contributed by atoms with Gasteiger partial charge in [-0.15, -0.1) is 0 Å². The van der Waals surface area contributed by atoms with Crippen molar-refractivity contribution in [2.24, 2.45) is 0 Å². The van der Waals surface area contributed by atoms with Gasteiger partial charge in [0.2, 0.25) is 0 Å². The molecule has 1 aliphatic heterocycles. The SMILES string of the molecule is CC.CCCN(CC)CCc1ccc(N)c(C2=C(C=O)CSCC2)c1. The monoisotopic (exact) mass is 362 g/mol. The molecule has 0 saturated heterocycles. The van der Waals surface area contributed by atoms with Gasteiger partial charge in [-0.3, -0.25) is 4.79 Å². The second-order valence-corrected chi connectivity index (χ2v) is 7.14. The number of aldehydes is 1. The minimum atomic E-state index is 0.788. The first-order valence-electron chi connectivity index (χ1n) is 9.55. The molecule has 0 saturated carbocycles. The number of nitrogens with zero attached hydrogens (tertiary/aromatic N) is 1. The van der Waals surface area contributed by atoms with Crippen molar-refractivity contribution in [3.8, 4) is 0 Å². The van der Waals surface area contributed by atoms with Gasteiger partial charge in [0.1, 0.15) is 6.29 Å². The molecular weight excluding hydrogens is 328 g/mol. The van der Waals surface area contributed by atoms with Crippen molar-refractivity contribution in [2.75, 3.05) is 36.9 Å². The van der Waals surface area contributed by atoms with Crippen molar-refractivity contribution in [2.45, 2.75) is 47.0 Å². The topological polar surface area (TPSA) is 46.3 Å². The van der Waals surface area contributed by atoms with Crippen LogP contribution in [0.4, 0.5) is 5.69 Å². The molecule has 2 N–H and O–H groups in total. The molecule has 0 fully saturated rings. The number of benzene rings is 1. The van der Waals surface area contributed by atoms with Crippen LogP contribution in [-0.4, -0.2) is 42.3 Å². The molecule has 4 heteroatoms. The summed E-state index contributed by atoms with van der Waals surface area (Å²) < 4.78 is 0. The van der Waals surface area contributed by atoms with Gasteiger partial charge >= 0.3 is 0 Å². The minimum absolute atomic E-state index is 0.788. The van der Waals surface area contributed by atoms with Crippen molar-refractivity contribution < 1.29 is 4.79 Å². The predicted octanol–water partition coefficient (Wildman–Crippen LogP) is 4.66. The van der Waals surface area contributed by atoms with Gasteiger partial charge in [0.25, 0.3) is 0 Å². The van der Waals surface area contributed by atoms with E-state index in [1.807, 2.05) is 31.7 Å². The van der Waals surface area contributed by atoms with Crippen LogP contribution in [0.25, 0.3) is 5.57 Å². The van der Waals surface area contributed by atoms with Crippen molar-refractivity contribution >= 4 is 29.3 Å². The number of hydrogen-bond acceptors (Lipinski definition) is 4. The van der Waals surface area contributed by atoms with Crippen molar-refractivity contribution in [1.82, 2.24) is 4.90 Å². The highest BCUT2D eigenvalue weighted by atomic mass is 32.2. The highest BCUT2D eigenvalue weighted by molar-refractivity contribution is 7.99. The van der Waals surface area contributed by atoms with Gasteiger partial charge in [-0.2, -0.15) is 11.8 Å². The Balaban J connectivity index is 0.00000151. The average Bonchev–Trinajstić information content (AvgIpc) is 2.67. The molecule has 2 rings (SSSR count). The van der Waals surface area contributed by atoms with Gasteiger partial charge in [-0.25, -0.2) is 0 Å². The summed E-state index contributed by atoms with van der Waals surface area (Å²) >= 11 is 1.82. The summed E-state index contributed by atoms with van der Waals surface area (Å²) in [5.74, 6) is 1.87. The number of anilines is 1. The van der Waals surface area contributed by atoms with Crippen LogP contribution >= 0.6 is 11.8 Å². The van der Waals surface area contributed by atoms with E-state index in [0.717, 1.165) is 72.7 Å². The molecule has 140 valence electrons. The van der Waals surface area contributed by atoms with Gasteiger partial charge < -0.3 is 10.6 Å². The summed E-state index contributed by atoms with van der Waals surface area (Å²) in [6, 6.07) is 6.32. The standard InChI is InChI=1S/C19H28N2OS.C2H6/c1-3-9-21(4-2)10-7-15-5-6-19(20)18(12-15)17-8-11-23-14-16(17)13-22;1-2/h5-6,12-13H,3-4,7-11,14,20H2,1-2H3;1-2H3. The molecule has 1 aromatic rings. The highest BCUT2D eigenvalue weighted by Crippen LogP contribution is 2.33. The van der Waals surface area contributed by atoms with Gasteiger partial charge in [0.15, 0.2) is 0 Å². The maximum atomic E-state index is 11.3. The molecule has 3 nitrogen and oxygen atoms in total.